The van der Waals surface area contributed by atoms with E-state index in [1.54, 1.807) is 11.1 Å². The zero-order chi connectivity index (χ0) is 27.0. The summed E-state index contributed by atoms with van der Waals surface area (Å²) < 4.78 is 10.1. The second kappa shape index (κ2) is 9.95. The Morgan fingerprint density at radius 3 is 2.61 bits per heavy atom. The Labute approximate surface area is 219 Å². The molecule has 2 aliphatic heterocycles. The third-order valence-corrected chi connectivity index (χ3v) is 7.86. The molecule has 1 aromatic heterocycles. The topological polar surface area (TPSA) is 154 Å². The molecule has 5 rings (SSSR count). The zero-order valence-corrected chi connectivity index (χ0v) is 21.1. The number of aliphatic hydroxyl groups is 1. The number of aromatic nitrogens is 1. The molecular weight excluding hydrogens is 490 g/mol. The highest BCUT2D eigenvalue weighted by Crippen LogP contribution is 2.62. The minimum atomic E-state index is -0.691. The van der Waals surface area contributed by atoms with E-state index in [0.717, 1.165) is 22.4 Å². The van der Waals surface area contributed by atoms with Crippen molar-refractivity contribution in [1.29, 1.82) is 5.26 Å². The summed E-state index contributed by atoms with van der Waals surface area (Å²) in [6.07, 6.45) is 1.19. The third-order valence-electron chi connectivity index (χ3n) is 7.86. The largest absolute Gasteiger partial charge is 0.458 e. The van der Waals surface area contributed by atoms with Crippen LogP contribution in [0, 0.1) is 23.2 Å². The quantitative estimate of drug-likeness (QED) is 0.458. The van der Waals surface area contributed by atoms with Gasteiger partial charge in [0.1, 0.15) is 18.1 Å². The molecule has 4 atom stereocenters. The van der Waals surface area contributed by atoms with Crippen LogP contribution in [0.3, 0.4) is 0 Å². The number of methoxy groups -OCH3 is 1. The van der Waals surface area contributed by atoms with Crippen molar-refractivity contribution in [3.8, 4) is 17.2 Å². The highest BCUT2D eigenvalue weighted by atomic mass is 16.6. The smallest absolute Gasteiger partial charge is 0.406 e. The summed E-state index contributed by atoms with van der Waals surface area (Å²) in [5.74, 6) is -0.681. The van der Waals surface area contributed by atoms with Crippen LogP contribution in [0.1, 0.15) is 18.2 Å². The molecular formula is C27H29N5O6. The van der Waals surface area contributed by atoms with Crippen molar-refractivity contribution in [3.05, 3.63) is 47.8 Å². The van der Waals surface area contributed by atoms with E-state index in [9.17, 15) is 19.6 Å². The van der Waals surface area contributed by atoms with E-state index < -0.39 is 30.2 Å². The van der Waals surface area contributed by atoms with Gasteiger partial charge in [0.25, 0.3) is 0 Å². The number of nitrogens with one attached hydrogen (secondary N) is 2. The lowest BCUT2D eigenvalue weighted by molar-refractivity contribution is -0.146. The van der Waals surface area contributed by atoms with Crippen LogP contribution >= 0.6 is 0 Å². The zero-order valence-electron chi connectivity index (χ0n) is 21.1. The van der Waals surface area contributed by atoms with Gasteiger partial charge in [-0.25, -0.2) is 4.79 Å². The minimum absolute atomic E-state index is 0.0307. The molecule has 2 amide bonds. The number of nitriles is 1. The van der Waals surface area contributed by atoms with Crippen LogP contribution in [-0.2, 0) is 30.9 Å². The molecule has 11 nitrogen and oxygen atoms in total. The Bertz CT molecular complexity index is 1290. The van der Waals surface area contributed by atoms with E-state index in [1.165, 1.54) is 14.0 Å². The molecule has 198 valence electrons. The van der Waals surface area contributed by atoms with Gasteiger partial charge in [-0.15, -0.1) is 0 Å². The predicted molar refractivity (Wildman–Crippen MR) is 135 cm³/mol. The summed E-state index contributed by atoms with van der Waals surface area (Å²) in [7, 11) is 1.27. The highest BCUT2D eigenvalue weighted by Gasteiger charge is 2.71. The Hall–Kier alpha value is -4.17. The number of ether oxygens (including phenoxy) is 2. The Kier molecular flexibility index (Phi) is 6.67. The molecule has 2 aromatic rings. The normalized spacial score (nSPS) is 25.3. The van der Waals surface area contributed by atoms with Crippen molar-refractivity contribution < 1.29 is 29.0 Å². The lowest BCUT2D eigenvalue weighted by Gasteiger charge is -2.23. The first-order chi connectivity index (χ1) is 18.3. The van der Waals surface area contributed by atoms with E-state index in [2.05, 4.69) is 32.5 Å². The maximum atomic E-state index is 11.8. The first-order valence-corrected chi connectivity index (χ1v) is 12.5. The van der Waals surface area contributed by atoms with E-state index in [-0.39, 0.29) is 30.3 Å². The summed E-state index contributed by atoms with van der Waals surface area (Å²) in [6, 6.07) is 12.1. The Morgan fingerprint density at radius 1 is 1.26 bits per heavy atom. The number of hydrogen-bond donors (Lipinski definition) is 3. The van der Waals surface area contributed by atoms with Crippen LogP contribution in [0.2, 0.25) is 0 Å². The fourth-order valence-electron chi connectivity index (χ4n) is 5.88. The molecule has 1 aliphatic carbocycles. The number of amides is 2. The van der Waals surface area contributed by atoms with Crippen molar-refractivity contribution in [1.82, 2.24) is 15.2 Å². The number of pyridine rings is 1. The Balaban J connectivity index is 1.28. The van der Waals surface area contributed by atoms with Gasteiger partial charge in [-0.3, -0.25) is 14.6 Å². The first-order valence-electron chi connectivity index (χ1n) is 12.5. The molecule has 0 bridgehead atoms. The number of alkyl carbamates (subject to hydrolysis) is 1. The molecule has 3 N–H and O–H groups in total. The second-order valence-electron chi connectivity index (χ2n) is 9.93. The molecule has 1 saturated heterocycles. The van der Waals surface area contributed by atoms with Crippen molar-refractivity contribution in [2.24, 2.45) is 11.8 Å². The molecule has 0 radical (unpaired) electrons. The van der Waals surface area contributed by atoms with Crippen LogP contribution in [0.15, 0.2) is 36.5 Å². The Morgan fingerprint density at radius 2 is 2.00 bits per heavy atom. The molecule has 1 saturated carbocycles. The molecule has 11 heteroatoms. The molecule has 3 aliphatic rings. The van der Waals surface area contributed by atoms with Gasteiger partial charge < -0.3 is 30.1 Å². The van der Waals surface area contributed by atoms with Gasteiger partial charge in [0, 0.05) is 49.3 Å². The number of esters is 1. The van der Waals surface area contributed by atoms with Gasteiger partial charge in [-0.1, -0.05) is 12.1 Å². The second-order valence-corrected chi connectivity index (χ2v) is 9.93. The number of hydrogen-bond acceptors (Lipinski definition) is 9. The van der Waals surface area contributed by atoms with Gasteiger partial charge in [-0.05, 0) is 35.7 Å². The lowest BCUT2D eigenvalue weighted by Crippen LogP contribution is -2.44. The minimum Gasteiger partial charge on any atom is -0.458 e. The average molecular weight is 520 g/mol. The molecule has 2 unspecified atom stereocenters. The summed E-state index contributed by atoms with van der Waals surface area (Å²) >= 11 is 0. The van der Waals surface area contributed by atoms with Crippen LogP contribution < -0.4 is 10.6 Å². The van der Waals surface area contributed by atoms with Gasteiger partial charge in [-0.2, -0.15) is 5.26 Å². The van der Waals surface area contributed by atoms with Crippen LogP contribution in [-0.4, -0.2) is 78.5 Å². The standard InChI is InChI=1S/C27H29N5O6/c1-15(34)38-23(10-30-26(36)37-2)22-8-18-7-16(3-5-21(18)31-22)17-4-6-24(29-9-17)27(14-28)19-11-32(12-20(19)27)25(35)13-33/h3-7,9,19-20,22-23,31,33H,8,10-13H2,1-2H3,(H,30,36)/t19?,20?,22-,23-,27?/m0/s1. The van der Waals surface area contributed by atoms with Crippen LogP contribution in [0.5, 0.6) is 0 Å². The highest BCUT2D eigenvalue weighted by molar-refractivity contribution is 5.78. The third kappa shape index (κ3) is 4.41. The van der Waals surface area contributed by atoms with Crippen molar-refractivity contribution in [3.63, 3.8) is 0 Å². The predicted octanol–water partition coefficient (Wildman–Crippen LogP) is 1.21. The number of rotatable bonds is 7. The van der Waals surface area contributed by atoms with E-state index in [1.807, 2.05) is 24.3 Å². The fraction of sp³-hybridized carbons (Fsp3) is 0.444. The van der Waals surface area contributed by atoms with Crippen LogP contribution in [0.25, 0.3) is 11.1 Å². The molecule has 1 aromatic carbocycles. The van der Waals surface area contributed by atoms with E-state index >= 15 is 0 Å². The number of carbonyl (C=O) groups excluding carboxylic acids is 3. The summed E-state index contributed by atoms with van der Waals surface area (Å²) in [6.45, 7) is 1.85. The summed E-state index contributed by atoms with van der Waals surface area (Å²) in [5.41, 5.74) is 3.85. The first kappa shape index (κ1) is 25.5. The maximum absolute atomic E-state index is 11.8. The maximum Gasteiger partial charge on any atom is 0.406 e. The molecule has 2 fully saturated rings. The number of carbonyl (C=O) groups is 3. The number of aliphatic hydroxyl groups excluding tert-OH is 1. The van der Waals surface area contributed by atoms with E-state index in [0.29, 0.717) is 25.2 Å². The van der Waals surface area contributed by atoms with Gasteiger partial charge in [0.05, 0.1) is 31.5 Å². The molecule has 38 heavy (non-hydrogen) atoms. The molecule has 3 heterocycles. The molecule has 0 spiro atoms. The van der Waals surface area contributed by atoms with Crippen molar-refractivity contribution >= 4 is 23.7 Å². The van der Waals surface area contributed by atoms with Gasteiger partial charge in [0.15, 0.2) is 0 Å². The number of piperidine rings is 1. The van der Waals surface area contributed by atoms with Crippen molar-refractivity contribution in [2.45, 2.75) is 30.9 Å². The van der Waals surface area contributed by atoms with Crippen LogP contribution in [0.4, 0.5) is 10.5 Å². The van der Waals surface area contributed by atoms with Gasteiger partial charge >= 0.3 is 12.1 Å². The van der Waals surface area contributed by atoms with E-state index in [4.69, 9.17) is 9.84 Å². The number of anilines is 1. The summed E-state index contributed by atoms with van der Waals surface area (Å²) in [4.78, 5) is 41.2. The monoisotopic (exact) mass is 519 g/mol. The number of benzene rings is 1. The number of likely N-dealkylation sites (tertiary alicyclic amines) is 1. The lowest BCUT2D eigenvalue weighted by atomic mass is 9.95. The number of nitrogens with zero attached hydrogens (tertiary/aromatic N) is 3. The fourth-order valence-corrected chi connectivity index (χ4v) is 5.88. The summed E-state index contributed by atoms with van der Waals surface area (Å²) in [5, 5.41) is 25.1. The SMILES string of the molecule is COC(=O)NC[C@H](OC(C)=O)[C@@H]1Cc2cc(-c3ccc(C4(C#N)C5CN(C(=O)CO)CC54)nc3)ccc2N1. The van der Waals surface area contributed by atoms with Crippen molar-refractivity contribution in [2.75, 3.05) is 38.7 Å². The van der Waals surface area contributed by atoms with Gasteiger partial charge in [0.2, 0.25) is 5.91 Å². The number of fused-ring (bicyclic) bond motifs is 2. The average Bonchev–Trinajstić information content (AvgIpc) is 3.24.